The Labute approximate surface area is 201 Å². The second kappa shape index (κ2) is 10.5. The van der Waals surface area contributed by atoms with Gasteiger partial charge in [-0.2, -0.15) is 0 Å². The number of rotatable bonds is 9. The summed E-state index contributed by atoms with van der Waals surface area (Å²) in [4.78, 5) is 4.25. The van der Waals surface area contributed by atoms with E-state index >= 15 is 0 Å². The summed E-state index contributed by atoms with van der Waals surface area (Å²) in [6, 6.07) is 16.1. The predicted octanol–water partition coefficient (Wildman–Crippen LogP) is 4.02. The zero-order valence-electron chi connectivity index (χ0n) is 19.4. The van der Waals surface area contributed by atoms with Crippen molar-refractivity contribution in [2.75, 3.05) is 17.8 Å². The highest BCUT2D eigenvalue weighted by molar-refractivity contribution is 7.92. The fourth-order valence-corrected chi connectivity index (χ4v) is 5.06. The largest absolute Gasteiger partial charge is 0.489 e. The van der Waals surface area contributed by atoms with Crippen LogP contribution >= 0.6 is 0 Å². The number of sulfonamides is 1. The Hall–Kier alpha value is -2.94. The molecule has 0 bridgehead atoms. The van der Waals surface area contributed by atoms with E-state index in [1.165, 1.54) is 0 Å². The Kier molecular flexibility index (Phi) is 7.50. The second-order valence-corrected chi connectivity index (χ2v) is 10.6. The number of aliphatic hydroxyl groups excluding tert-OH is 1. The van der Waals surface area contributed by atoms with Crippen molar-refractivity contribution >= 4 is 15.7 Å². The molecule has 3 N–H and O–H groups in total. The summed E-state index contributed by atoms with van der Waals surface area (Å²) in [6.45, 7) is 5.19. The van der Waals surface area contributed by atoms with E-state index in [1.54, 1.807) is 48.8 Å². The third-order valence-corrected chi connectivity index (χ3v) is 7.36. The standard InChI is InChI=1S/C26H31N3O4S/c1-18(2)19-5-8-22(9-6-19)29-34(31,32)24-11-12-26-20(14-24)7-10-23(33-26)16-28-17-25(30)21-4-3-13-27-15-21/h3-6,8-9,11-15,18,23,25,28-30H,7,10,16-17H2,1-2H3. The fraction of sp³-hybridized carbons (Fsp3) is 0.346. The number of ether oxygens (including phenoxy) is 1. The van der Waals surface area contributed by atoms with Gasteiger partial charge in [0.05, 0.1) is 11.0 Å². The molecule has 0 saturated heterocycles. The van der Waals surface area contributed by atoms with Gasteiger partial charge in [0.15, 0.2) is 0 Å². The first kappa shape index (κ1) is 24.2. The molecule has 1 aliphatic heterocycles. The van der Waals surface area contributed by atoms with Crippen molar-refractivity contribution in [3.05, 3.63) is 83.7 Å². The molecule has 0 amide bonds. The van der Waals surface area contributed by atoms with E-state index in [4.69, 9.17) is 4.74 Å². The molecule has 0 saturated carbocycles. The topological polar surface area (TPSA) is 101 Å². The average molecular weight is 482 g/mol. The van der Waals surface area contributed by atoms with E-state index < -0.39 is 16.1 Å². The van der Waals surface area contributed by atoms with Crippen LogP contribution in [-0.4, -0.2) is 37.7 Å². The molecule has 4 rings (SSSR count). The molecule has 0 radical (unpaired) electrons. The average Bonchev–Trinajstić information content (AvgIpc) is 2.84. The number of pyridine rings is 1. The first-order chi connectivity index (χ1) is 16.3. The molecule has 0 fully saturated rings. The van der Waals surface area contributed by atoms with Crippen LogP contribution in [0.1, 0.15) is 49.0 Å². The van der Waals surface area contributed by atoms with Crippen LogP contribution in [0.3, 0.4) is 0 Å². The number of aryl methyl sites for hydroxylation is 1. The predicted molar refractivity (Wildman–Crippen MR) is 133 cm³/mol. The van der Waals surface area contributed by atoms with Gasteiger partial charge in [-0.1, -0.05) is 32.0 Å². The number of benzene rings is 2. The zero-order chi connectivity index (χ0) is 24.1. The van der Waals surface area contributed by atoms with Gasteiger partial charge >= 0.3 is 0 Å². The van der Waals surface area contributed by atoms with Gasteiger partial charge in [-0.05, 0) is 66.3 Å². The minimum atomic E-state index is -3.69. The smallest absolute Gasteiger partial charge is 0.261 e. The molecule has 7 nitrogen and oxygen atoms in total. The van der Waals surface area contributed by atoms with Crippen LogP contribution in [0, 0.1) is 0 Å². The van der Waals surface area contributed by atoms with Crippen LogP contribution in [-0.2, 0) is 16.4 Å². The molecule has 2 unspecified atom stereocenters. The molecule has 2 aromatic carbocycles. The summed E-state index contributed by atoms with van der Waals surface area (Å²) in [5, 5.41) is 13.5. The fourth-order valence-electron chi connectivity index (χ4n) is 3.95. The molecule has 2 heterocycles. The van der Waals surface area contributed by atoms with E-state index in [1.807, 2.05) is 18.2 Å². The minimum Gasteiger partial charge on any atom is -0.489 e. The summed E-state index contributed by atoms with van der Waals surface area (Å²) >= 11 is 0. The van der Waals surface area contributed by atoms with Crippen molar-refractivity contribution in [1.82, 2.24) is 10.3 Å². The van der Waals surface area contributed by atoms with E-state index in [9.17, 15) is 13.5 Å². The van der Waals surface area contributed by atoms with Gasteiger partial charge in [0.2, 0.25) is 0 Å². The monoisotopic (exact) mass is 481 g/mol. The lowest BCUT2D eigenvalue weighted by atomic mass is 10.0. The molecule has 180 valence electrons. The first-order valence-electron chi connectivity index (χ1n) is 11.5. The molecular weight excluding hydrogens is 450 g/mol. The molecule has 0 spiro atoms. The first-order valence-corrected chi connectivity index (χ1v) is 13.0. The van der Waals surface area contributed by atoms with Crippen molar-refractivity contribution in [2.45, 2.75) is 49.7 Å². The number of hydrogen-bond donors (Lipinski definition) is 3. The van der Waals surface area contributed by atoms with Gasteiger partial charge in [-0.3, -0.25) is 9.71 Å². The van der Waals surface area contributed by atoms with E-state index in [0.29, 0.717) is 30.4 Å². The Balaban J connectivity index is 1.34. The summed E-state index contributed by atoms with van der Waals surface area (Å²) in [7, 11) is -3.69. The molecular formula is C26H31N3O4S. The maximum Gasteiger partial charge on any atom is 0.261 e. The number of aromatic nitrogens is 1. The van der Waals surface area contributed by atoms with Crippen LogP contribution in [0.5, 0.6) is 5.75 Å². The number of fused-ring (bicyclic) bond motifs is 1. The van der Waals surface area contributed by atoms with Crippen LogP contribution in [0.25, 0.3) is 0 Å². The van der Waals surface area contributed by atoms with Crippen molar-refractivity contribution in [3.8, 4) is 5.75 Å². The highest BCUT2D eigenvalue weighted by atomic mass is 32.2. The minimum absolute atomic E-state index is 0.0475. The van der Waals surface area contributed by atoms with Crippen molar-refractivity contribution in [2.24, 2.45) is 0 Å². The van der Waals surface area contributed by atoms with Gasteiger partial charge in [0, 0.05) is 36.7 Å². The highest BCUT2D eigenvalue weighted by Gasteiger charge is 2.23. The Morgan fingerprint density at radius 1 is 1.12 bits per heavy atom. The van der Waals surface area contributed by atoms with Gasteiger partial charge in [0.25, 0.3) is 10.0 Å². The van der Waals surface area contributed by atoms with Crippen molar-refractivity contribution < 1.29 is 18.3 Å². The number of hydrogen-bond acceptors (Lipinski definition) is 6. The third-order valence-electron chi connectivity index (χ3n) is 5.98. The second-order valence-electron chi connectivity index (χ2n) is 8.89. The van der Waals surface area contributed by atoms with Gasteiger partial charge in [-0.25, -0.2) is 8.42 Å². The molecule has 3 aromatic rings. The summed E-state index contributed by atoms with van der Waals surface area (Å²) in [5.74, 6) is 1.09. The summed E-state index contributed by atoms with van der Waals surface area (Å²) in [5.41, 5.74) is 3.34. The molecule has 1 aliphatic rings. The number of nitrogens with zero attached hydrogens (tertiary/aromatic N) is 1. The molecule has 8 heteroatoms. The van der Waals surface area contributed by atoms with Crippen LogP contribution in [0.15, 0.2) is 71.9 Å². The molecule has 0 aliphatic carbocycles. The maximum atomic E-state index is 12.9. The lowest BCUT2D eigenvalue weighted by Crippen LogP contribution is -2.36. The van der Waals surface area contributed by atoms with Crippen LogP contribution in [0.2, 0.25) is 0 Å². The SMILES string of the molecule is CC(C)c1ccc(NS(=O)(=O)c2ccc3c(c2)CCC(CNCC(O)c2cccnc2)O3)cc1. The lowest BCUT2D eigenvalue weighted by molar-refractivity contribution is 0.146. The maximum absolute atomic E-state index is 12.9. The Morgan fingerprint density at radius 3 is 2.62 bits per heavy atom. The quantitative estimate of drug-likeness (QED) is 0.427. The van der Waals surface area contributed by atoms with Crippen molar-refractivity contribution in [1.29, 1.82) is 0 Å². The van der Waals surface area contributed by atoms with Gasteiger partial charge < -0.3 is 15.2 Å². The molecule has 2 atom stereocenters. The van der Waals surface area contributed by atoms with Crippen LogP contribution in [0.4, 0.5) is 5.69 Å². The van der Waals surface area contributed by atoms with Gasteiger partial charge in [-0.15, -0.1) is 0 Å². The third kappa shape index (κ3) is 5.94. The van der Waals surface area contributed by atoms with E-state index in [-0.39, 0.29) is 11.0 Å². The Bertz CT molecular complexity index is 1200. The number of anilines is 1. The van der Waals surface area contributed by atoms with Crippen molar-refractivity contribution in [3.63, 3.8) is 0 Å². The normalized spacial score (nSPS) is 16.5. The number of aliphatic hydroxyl groups is 1. The molecule has 34 heavy (non-hydrogen) atoms. The lowest BCUT2D eigenvalue weighted by Gasteiger charge is -2.27. The molecule has 1 aromatic heterocycles. The van der Waals surface area contributed by atoms with E-state index in [0.717, 1.165) is 29.5 Å². The highest BCUT2D eigenvalue weighted by Crippen LogP contribution is 2.30. The Morgan fingerprint density at radius 2 is 1.91 bits per heavy atom. The van der Waals surface area contributed by atoms with Gasteiger partial charge in [0.1, 0.15) is 11.9 Å². The van der Waals surface area contributed by atoms with E-state index in [2.05, 4.69) is 28.9 Å². The summed E-state index contributed by atoms with van der Waals surface area (Å²) in [6.07, 6.45) is 4.13. The summed E-state index contributed by atoms with van der Waals surface area (Å²) < 4.78 is 34.5. The zero-order valence-corrected chi connectivity index (χ0v) is 20.3. The number of nitrogens with one attached hydrogen (secondary N) is 2. The van der Waals surface area contributed by atoms with Crippen LogP contribution < -0.4 is 14.8 Å².